The molecule has 5 nitrogen and oxygen atoms in total. The summed E-state index contributed by atoms with van der Waals surface area (Å²) >= 11 is 5.83. The Bertz CT molecular complexity index is 687. The first kappa shape index (κ1) is 13.9. The molecule has 1 aliphatic rings. The van der Waals surface area contributed by atoms with Gasteiger partial charge in [-0.1, -0.05) is 11.6 Å². The number of nitrogen functional groups attached to an aromatic ring is 1. The molecule has 110 valence electrons. The van der Waals surface area contributed by atoms with Crippen LogP contribution in [0.4, 0.5) is 10.1 Å². The molecule has 0 bridgehead atoms. The fraction of sp³-hybridized carbons (Fsp3) is 0.286. The molecule has 0 saturated carbocycles. The molecule has 1 atom stereocenters. The first-order chi connectivity index (χ1) is 10.1. The number of halogens is 2. The number of anilines is 1. The number of H-pyrrole nitrogens is 1. The third-order valence-electron chi connectivity index (χ3n) is 3.74. The van der Waals surface area contributed by atoms with Crippen LogP contribution in [0.3, 0.4) is 0 Å². The van der Waals surface area contributed by atoms with Gasteiger partial charge in [0.25, 0.3) is 5.91 Å². The Morgan fingerprint density at radius 3 is 3.05 bits per heavy atom. The minimum atomic E-state index is -0.561. The third-order valence-corrected chi connectivity index (χ3v) is 3.98. The molecule has 1 aromatic heterocycles. The van der Waals surface area contributed by atoms with Crippen molar-refractivity contribution in [3.63, 3.8) is 0 Å². The topological polar surface area (TPSA) is 75.0 Å². The summed E-state index contributed by atoms with van der Waals surface area (Å²) in [5.74, 6) is -0.816. The Balaban J connectivity index is 1.78. The van der Waals surface area contributed by atoms with E-state index in [2.05, 4.69) is 10.2 Å². The van der Waals surface area contributed by atoms with Crippen LogP contribution >= 0.6 is 11.6 Å². The number of rotatable bonds is 2. The van der Waals surface area contributed by atoms with E-state index >= 15 is 0 Å². The maximum atomic E-state index is 13.8. The first-order valence-corrected chi connectivity index (χ1v) is 6.97. The van der Waals surface area contributed by atoms with Crippen molar-refractivity contribution >= 4 is 23.2 Å². The molecule has 2 aromatic rings. The van der Waals surface area contributed by atoms with Gasteiger partial charge in [0.2, 0.25) is 0 Å². The first-order valence-electron chi connectivity index (χ1n) is 6.59. The van der Waals surface area contributed by atoms with E-state index in [1.165, 1.54) is 18.2 Å². The van der Waals surface area contributed by atoms with Gasteiger partial charge in [-0.3, -0.25) is 9.89 Å². The predicted molar refractivity (Wildman–Crippen MR) is 77.7 cm³/mol. The maximum absolute atomic E-state index is 13.8. The van der Waals surface area contributed by atoms with Crippen molar-refractivity contribution in [2.24, 2.45) is 0 Å². The van der Waals surface area contributed by atoms with E-state index in [-0.39, 0.29) is 17.4 Å². The van der Waals surface area contributed by atoms with Crippen molar-refractivity contribution in [2.75, 3.05) is 18.8 Å². The largest absolute Gasteiger partial charge is 0.396 e. The number of hydrogen-bond donors (Lipinski definition) is 2. The number of amides is 1. The van der Waals surface area contributed by atoms with Gasteiger partial charge in [-0.15, -0.1) is 0 Å². The summed E-state index contributed by atoms with van der Waals surface area (Å²) in [7, 11) is 0. The number of carbonyl (C=O) groups excluding carboxylic acids is 1. The Hall–Kier alpha value is -2.08. The Labute approximate surface area is 125 Å². The summed E-state index contributed by atoms with van der Waals surface area (Å²) in [5, 5.41) is 7.09. The average Bonchev–Trinajstić information content (AvgIpc) is 3.09. The number of aromatic nitrogens is 2. The number of aromatic amines is 1. The average molecular weight is 309 g/mol. The van der Waals surface area contributed by atoms with Gasteiger partial charge in [0.1, 0.15) is 5.82 Å². The fourth-order valence-electron chi connectivity index (χ4n) is 2.64. The summed E-state index contributed by atoms with van der Waals surface area (Å²) in [6, 6.07) is 3.98. The zero-order valence-electron chi connectivity index (χ0n) is 11.1. The van der Waals surface area contributed by atoms with E-state index in [9.17, 15) is 9.18 Å². The number of carbonyl (C=O) groups is 1. The minimum absolute atomic E-state index is 0.000678. The van der Waals surface area contributed by atoms with Crippen LogP contribution in [0.2, 0.25) is 5.02 Å². The second-order valence-electron chi connectivity index (χ2n) is 5.10. The molecule has 0 aliphatic carbocycles. The summed E-state index contributed by atoms with van der Waals surface area (Å²) in [5.41, 5.74) is 7.24. The number of hydrogen-bond acceptors (Lipinski definition) is 3. The monoisotopic (exact) mass is 308 g/mol. The van der Waals surface area contributed by atoms with Crippen LogP contribution in [0.5, 0.6) is 0 Å². The van der Waals surface area contributed by atoms with Crippen LogP contribution in [0.25, 0.3) is 0 Å². The quantitative estimate of drug-likeness (QED) is 0.894. The zero-order chi connectivity index (χ0) is 15.0. The second kappa shape index (κ2) is 5.37. The van der Waals surface area contributed by atoms with Crippen molar-refractivity contribution in [3.8, 4) is 0 Å². The Morgan fingerprint density at radius 1 is 1.52 bits per heavy atom. The van der Waals surface area contributed by atoms with Gasteiger partial charge in [0, 0.05) is 24.0 Å². The van der Waals surface area contributed by atoms with Gasteiger partial charge in [-0.2, -0.15) is 5.10 Å². The van der Waals surface area contributed by atoms with Crippen molar-refractivity contribution in [1.82, 2.24) is 15.1 Å². The number of nitrogens with two attached hydrogens (primary N) is 1. The van der Waals surface area contributed by atoms with Crippen molar-refractivity contribution in [1.29, 1.82) is 0 Å². The molecule has 1 amide bonds. The molecule has 3 N–H and O–H groups in total. The van der Waals surface area contributed by atoms with Crippen LogP contribution in [0, 0.1) is 5.82 Å². The Morgan fingerprint density at radius 2 is 2.33 bits per heavy atom. The van der Waals surface area contributed by atoms with Gasteiger partial charge < -0.3 is 10.6 Å². The summed E-state index contributed by atoms with van der Waals surface area (Å²) in [4.78, 5) is 14.0. The van der Waals surface area contributed by atoms with Gasteiger partial charge in [0.05, 0.1) is 23.1 Å². The van der Waals surface area contributed by atoms with E-state index in [0.717, 1.165) is 12.1 Å². The third kappa shape index (κ3) is 2.58. The number of likely N-dealkylation sites (tertiary alicyclic amines) is 1. The fourth-order valence-corrected chi connectivity index (χ4v) is 2.82. The highest BCUT2D eigenvalue weighted by Crippen LogP contribution is 2.30. The molecule has 1 saturated heterocycles. The molecule has 3 rings (SSSR count). The van der Waals surface area contributed by atoms with Crippen molar-refractivity contribution in [3.05, 3.63) is 46.5 Å². The molecule has 21 heavy (non-hydrogen) atoms. The maximum Gasteiger partial charge on any atom is 0.256 e. The molecule has 1 fully saturated rings. The van der Waals surface area contributed by atoms with Crippen LogP contribution in [-0.2, 0) is 0 Å². The molecular formula is C14H14ClFN4O. The smallest absolute Gasteiger partial charge is 0.256 e. The van der Waals surface area contributed by atoms with Crippen molar-refractivity contribution in [2.45, 2.75) is 12.3 Å². The van der Waals surface area contributed by atoms with Gasteiger partial charge in [0.15, 0.2) is 0 Å². The van der Waals surface area contributed by atoms with Crippen LogP contribution in [0.1, 0.15) is 28.4 Å². The van der Waals surface area contributed by atoms with E-state index in [4.69, 9.17) is 17.3 Å². The van der Waals surface area contributed by atoms with E-state index in [1.807, 2.05) is 0 Å². The van der Waals surface area contributed by atoms with Crippen LogP contribution in [-0.4, -0.2) is 34.1 Å². The lowest BCUT2D eigenvalue weighted by atomic mass is 10.0. The standard InChI is InChI=1S/C14H14ClFN4O/c15-9-1-2-11(16)10(5-9)14(21)20-4-3-8(7-20)13-12(17)6-18-19-13/h1-2,5-6,8H,3-4,7,17H2,(H,18,19). The highest BCUT2D eigenvalue weighted by molar-refractivity contribution is 6.31. The van der Waals surface area contributed by atoms with E-state index in [0.29, 0.717) is 23.8 Å². The molecule has 7 heteroatoms. The summed E-state index contributed by atoms with van der Waals surface area (Å²) in [6.07, 6.45) is 2.32. The molecule has 0 spiro atoms. The normalized spacial score (nSPS) is 18.2. The highest BCUT2D eigenvalue weighted by atomic mass is 35.5. The van der Waals surface area contributed by atoms with Gasteiger partial charge in [-0.25, -0.2) is 4.39 Å². The van der Waals surface area contributed by atoms with E-state index in [1.54, 1.807) is 11.1 Å². The molecular weight excluding hydrogens is 295 g/mol. The molecule has 1 aromatic carbocycles. The van der Waals surface area contributed by atoms with Crippen molar-refractivity contribution < 1.29 is 9.18 Å². The molecule has 0 radical (unpaired) electrons. The highest BCUT2D eigenvalue weighted by Gasteiger charge is 2.31. The number of benzene rings is 1. The molecule has 1 aliphatic heterocycles. The lowest BCUT2D eigenvalue weighted by Crippen LogP contribution is -2.29. The Kier molecular flexibility index (Phi) is 3.55. The van der Waals surface area contributed by atoms with Crippen LogP contribution < -0.4 is 5.73 Å². The zero-order valence-corrected chi connectivity index (χ0v) is 11.9. The summed E-state index contributed by atoms with van der Waals surface area (Å²) < 4.78 is 13.8. The lowest BCUT2D eigenvalue weighted by molar-refractivity contribution is 0.0786. The predicted octanol–water partition coefficient (Wildman–Crippen LogP) is 2.41. The van der Waals surface area contributed by atoms with Gasteiger partial charge >= 0.3 is 0 Å². The van der Waals surface area contributed by atoms with E-state index < -0.39 is 5.82 Å². The van der Waals surface area contributed by atoms with Crippen LogP contribution in [0.15, 0.2) is 24.4 Å². The lowest BCUT2D eigenvalue weighted by Gasteiger charge is -2.17. The summed E-state index contributed by atoms with van der Waals surface area (Å²) in [6.45, 7) is 1.03. The number of nitrogens with zero attached hydrogens (tertiary/aromatic N) is 2. The number of nitrogens with one attached hydrogen (secondary N) is 1. The molecule has 1 unspecified atom stereocenters. The second-order valence-corrected chi connectivity index (χ2v) is 5.54. The minimum Gasteiger partial charge on any atom is -0.396 e. The SMILES string of the molecule is Nc1cn[nH]c1C1CCN(C(=O)c2cc(Cl)ccc2F)C1. The van der Waals surface area contributed by atoms with Gasteiger partial charge in [-0.05, 0) is 24.6 Å². The molecule has 2 heterocycles.